The van der Waals surface area contributed by atoms with Gasteiger partial charge in [0.15, 0.2) is 0 Å². The number of nitro groups is 1. The minimum atomic E-state index is -0.392. The van der Waals surface area contributed by atoms with Crippen LogP contribution in [0.4, 0.5) is 5.69 Å². The van der Waals surface area contributed by atoms with E-state index in [2.05, 4.69) is 0 Å². The number of nitro benzene ring substituents is 1. The molecule has 0 radical (unpaired) electrons. The lowest BCUT2D eigenvalue weighted by Gasteiger charge is -2.06. The summed E-state index contributed by atoms with van der Waals surface area (Å²) in [5.74, 6) is 0. The summed E-state index contributed by atoms with van der Waals surface area (Å²) in [6.07, 6.45) is 0. The Hall–Kier alpha value is -2.65. The van der Waals surface area contributed by atoms with Gasteiger partial charge < -0.3 is 0 Å². The highest BCUT2D eigenvalue weighted by molar-refractivity contribution is 6.31. The van der Waals surface area contributed by atoms with Gasteiger partial charge in [-0.05, 0) is 28.8 Å². The Labute approximate surface area is 133 Å². The van der Waals surface area contributed by atoms with Crippen molar-refractivity contribution in [2.45, 2.75) is 0 Å². The van der Waals surface area contributed by atoms with Gasteiger partial charge in [-0.15, -0.1) is 0 Å². The second kappa shape index (κ2) is 6.00. The second-order valence-electron chi connectivity index (χ2n) is 4.86. The maximum atomic E-state index is 11.2. The van der Waals surface area contributed by atoms with Crippen LogP contribution >= 0.6 is 11.6 Å². The number of halogens is 1. The first-order valence-corrected chi connectivity index (χ1v) is 7.13. The molecule has 0 spiro atoms. The van der Waals surface area contributed by atoms with Gasteiger partial charge in [0.2, 0.25) is 0 Å². The van der Waals surface area contributed by atoms with Crippen LogP contribution in [0.3, 0.4) is 0 Å². The third-order valence-corrected chi connectivity index (χ3v) is 3.69. The smallest absolute Gasteiger partial charge is 0.258 e. The molecule has 108 valence electrons. The first kappa shape index (κ1) is 14.3. The van der Waals surface area contributed by atoms with Crippen molar-refractivity contribution in [2.24, 2.45) is 0 Å². The maximum absolute atomic E-state index is 11.2. The fourth-order valence-electron chi connectivity index (χ4n) is 2.37. The van der Waals surface area contributed by atoms with Crippen molar-refractivity contribution in [2.75, 3.05) is 0 Å². The van der Waals surface area contributed by atoms with Crippen LogP contribution in [-0.2, 0) is 0 Å². The van der Waals surface area contributed by atoms with Crippen molar-refractivity contribution in [3.05, 3.63) is 87.9 Å². The summed E-state index contributed by atoms with van der Waals surface area (Å²) in [6, 6.07) is 22.2. The number of benzene rings is 3. The molecule has 0 saturated heterocycles. The Morgan fingerprint density at radius 3 is 2.00 bits per heavy atom. The molecule has 4 heteroatoms. The van der Waals surface area contributed by atoms with Crippen LogP contribution in [0.2, 0.25) is 5.02 Å². The van der Waals surface area contributed by atoms with Crippen LogP contribution in [0, 0.1) is 10.1 Å². The lowest BCUT2D eigenvalue weighted by atomic mass is 9.99. The molecule has 0 aliphatic heterocycles. The topological polar surface area (TPSA) is 43.1 Å². The van der Waals surface area contributed by atoms with Gasteiger partial charge in [-0.25, -0.2) is 0 Å². The molecule has 0 unspecified atom stereocenters. The normalized spacial score (nSPS) is 10.4. The van der Waals surface area contributed by atoms with E-state index >= 15 is 0 Å². The standard InChI is InChI=1S/C18H12ClNO2/c19-16-10-11-18(20(21)22)17(12-16)15-8-6-14(7-9-15)13-4-2-1-3-5-13/h1-12H. The highest BCUT2D eigenvalue weighted by atomic mass is 35.5. The summed E-state index contributed by atoms with van der Waals surface area (Å²) in [4.78, 5) is 10.8. The third-order valence-electron chi connectivity index (χ3n) is 3.46. The van der Waals surface area contributed by atoms with Gasteiger partial charge in [0.1, 0.15) is 0 Å². The predicted molar refractivity (Wildman–Crippen MR) is 89.0 cm³/mol. The Morgan fingerprint density at radius 1 is 0.773 bits per heavy atom. The van der Waals surface area contributed by atoms with Crippen LogP contribution in [0.1, 0.15) is 0 Å². The molecule has 0 aliphatic carbocycles. The van der Waals surface area contributed by atoms with Crippen LogP contribution in [-0.4, -0.2) is 4.92 Å². The molecule has 3 rings (SSSR count). The highest BCUT2D eigenvalue weighted by Gasteiger charge is 2.15. The molecule has 0 N–H and O–H groups in total. The van der Waals surface area contributed by atoms with E-state index in [1.54, 1.807) is 6.07 Å². The predicted octanol–water partition coefficient (Wildman–Crippen LogP) is 5.58. The summed E-state index contributed by atoms with van der Waals surface area (Å²) >= 11 is 5.98. The molecular formula is C18H12ClNO2. The van der Waals surface area contributed by atoms with E-state index < -0.39 is 4.92 Å². The fourth-order valence-corrected chi connectivity index (χ4v) is 2.54. The average molecular weight is 310 g/mol. The molecule has 0 aromatic heterocycles. The average Bonchev–Trinajstić information content (AvgIpc) is 2.55. The largest absolute Gasteiger partial charge is 0.277 e. The Kier molecular flexibility index (Phi) is 3.90. The van der Waals surface area contributed by atoms with Crippen LogP contribution in [0.15, 0.2) is 72.8 Å². The SMILES string of the molecule is O=[N+]([O-])c1ccc(Cl)cc1-c1ccc(-c2ccccc2)cc1. The fraction of sp³-hybridized carbons (Fsp3) is 0. The van der Waals surface area contributed by atoms with E-state index in [0.717, 1.165) is 16.7 Å². The molecular weight excluding hydrogens is 298 g/mol. The van der Waals surface area contributed by atoms with Crippen molar-refractivity contribution >= 4 is 17.3 Å². The molecule has 0 atom stereocenters. The summed E-state index contributed by atoms with van der Waals surface area (Å²) in [6.45, 7) is 0. The zero-order chi connectivity index (χ0) is 15.5. The summed E-state index contributed by atoms with van der Waals surface area (Å²) < 4.78 is 0. The molecule has 3 aromatic rings. The molecule has 3 aromatic carbocycles. The molecule has 0 amide bonds. The van der Waals surface area contributed by atoms with Crippen molar-refractivity contribution in [3.63, 3.8) is 0 Å². The van der Waals surface area contributed by atoms with Gasteiger partial charge in [0, 0.05) is 11.1 Å². The minimum absolute atomic E-state index is 0.0526. The van der Waals surface area contributed by atoms with Crippen molar-refractivity contribution in [1.29, 1.82) is 0 Å². The van der Waals surface area contributed by atoms with Crippen LogP contribution < -0.4 is 0 Å². The van der Waals surface area contributed by atoms with Crippen molar-refractivity contribution in [3.8, 4) is 22.3 Å². The number of rotatable bonds is 3. The maximum Gasteiger partial charge on any atom is 0.277 e. The Bertz CT molecular complexity index is 814. The molecule has 0 bridgehead atoms. The van der Waals surface area contributed by atoms with Crippen molar-refractivity contribution < 1.29 is 4.92 Å². The van der Waals surface area contributed by atoms with Gasteiger partial charge in [-0.2, -0.15) is 0 Å². The molecule has 0 aliphatic rings. The highest BCUT2D eigenvalue weighted by Crippen LogP contribution is 2.33. The summed E-state index contributed by atoms with van der Waals surface area (Å²) in [5, 5.41) is 11.6. The van der Waals surface area contributed by atoms with Crippen LogP contribution in [0.25, 0.3) is 22.3 Å². The van der Waals surface area contributed by atoms with Gasteiger partial charge in [-0.1, -0.05) is 66.2 Å². The van der Waals surface area contributed by atoms with E-state index in [1.807, 2.05) is 54.6 Å². The molecule has 0 fully saturated rings. The number of hydrogen-bond acceptors (Lipinski definition) is 2. The first-order valence-electron chi connectivity index (χ1n) is 6.75. The molecule has 3 nitrogen and oxygen atoms in total. The molecule has 0 heterocycles. The zero-order valence-electron chi connectivity index (χ0n) is 11.6. The number of nitrogens with zero attached hydrogens (tertiary/aromatic N) is 1. The van der Waals surface area contributed by atoms with Gasteiger partial charge in [0.05, 0.1) is 10.5 Å². The van der Waals surface area contributed by atoms with Crippen molar-refractivity contribution in [1.82, 2.24) is 0 Å². The molecule has 22 heavy (non-hydrogen) atoms. The van der Waals surface area contributed by atoms with Gasteiger partial charge in [0.25, 0.3) is 5.69 Å². The molecule has 0 saturated carbocycles. The zero-order valence-corrected chi connectivity index (χ0v) is 12.3. The first-order chi connectivity index (χ1) is 10.6. The van der Waals surface area contributed by atoms with Gasteiger partial charge in [-0.3, -0.25) is 10.1 Å². The third kappa shape index (κ3) is 2.85. The Morgan fingerprint density at radius 2 is 1.36 bits per heavy atom. The van der Waals surface area contributed by atoms with E-state index in [0.29, 0.717) is 10.6 Å². The summed E-state index contributed by atoms with van der Waals surface area (Å²) in [7, 11) is 0. The second-order valence-corrected chi connectivity index (χ2v) is 5.30. The van der Waals surface area contributed by atoms with Gasteiger partial charge >= 0.3 is 0 Å². The lowest BCUT2D eigenvalue weighted by Crippen LogP contribution is -1.92. The summed E-state index contributed by atoms with van der Waals surface area (Å²) in [5.41, 5.74) is 3.52. The van der Waals surface area contributed by atoms with E-state index in [4.69, 9.17) is 11.6 Å². The lowest BCUT2D eigenvalue weighted by molar-refractivity contribution is -0.384. The van der Waals surface area contributed by atoms with E-state index in [-0.39, 0.29) is 5.69 Å². The minimum Gasteiger partial charge on any atom is -0.258 e. The van der Waals surface area contributed by atoms with Crippen LogP contribution in [0.5, 0.6) is 0 Å². The quantitative estimate of drug-likeness (QED) is 0.468. The van der Waals surface area contributed by atoms with E-state index in [9.17, 15) is 10.1 Å². The number of hydrogen-bond donors (Lipinski definition) is 0. The van der Waals surface area contributed by atoms with E-state index in [1.165, 1.54) is 12.1 Å². The monoisotopic (exact) mass is 309 g/mol. The Balaban J connectivity index is 2.04.